The van der Waals surface area contributed by atoms with Gasteiger partial charge >= 0.3 is 11.9 Å². The average molecular weight is 501 g/mol. The van der Waals surface area contributed by atoms with E-state index in [2.05, 4.69) is 5.10 Å². The second-order valence-corrected chi connectivity index (χ2v) is 9.17. The van der Waals surface area contributed by atoms with Crippen LogP contribution in [-0.4, -0.2) is 38.2 Å². The monoisotopic (exact) mass is 500 g/mol. The lowest BCUT2D eigenvalue weighted by Crippen LogP contribution is -2.48. The minimum atomic E-state index is -4.55. The van der Waals surface area contributed by atoms with Gasteiger partial charge < -0.3 is 4.90 Å². The quantitative estimate of drug-likeness (QED) is 0.527. The molecule has 1 aliphatic carbocycles. The first-order chi connectivity index (χ1) is 17.1. The van der Waals surface area contributed by atoms with Gasteiger partial charge in [0.05, 0.1) is 17.8 Å². The smallest absolute Gasteiger partial charge is 0.337 e. The Hall–Kier alpha value is -3.69. The van der Waals surface area contributed by atoms with Crippen LogP contribution in [0.1, 0.15) is 59.3 Å². The summed E-state index contributed by atoms with van der Waals surface area (Å²) < 4.78 is 40.9. The molecule has 1 amide bonds. The van der Waals surface area contributed by atoms with Crippen LogP contribution in [0.25, 0.3) is 5.69 Å². The number of alkyl halides is 3. The molecule has 4 rings (SSSR count). The summed E-state index contributed by atoms with van der Waals surface area (Å²) >= 11 is 0. The molecule has 36 heavy (non-hydrogen) atoms. The molecule has 1 aromatic heterocycles. The van der Waals surface area contributed by atoms with Crippen molar-refractivity contribution in [3.05, 3.63) is 91.8 Å². The molecule has 1 saturated carbocycles. The Balaban J connectivity index is 1.82. The van der Waals surface area contributed by atoms with Crippen LogP contribution in [0, 0.1) is 6.92 Å². The van der Waals surface area contributed by atoms with E-state index >= 15 is 0 Å². The number of amides is 1. The van der Waals surface area contributed by atoms with Gasteiger partial charge in [-0.25, -0.2) is 4.79 Å². The molecular formula is C26H27F3N4O3. The summed E-state index contributed by atoms with van der Waals surface area (Å²) in [5.41, 5.74) is -1.36. The second-order valence-electron chi connectivity index (χ2n) is 9.17. The minimum absolute atomic E-state index is 0.0139. The van der Waals surface area contributed by atoms with Crippen molar-refractivity contribution in [3.63, 3.8) is 0 Å². The van der Waals surface area contributed by atoms with Crippen molar-refractivity contribution < 1.29 is 18.0 Å². The normalized spacial score (nSPS) is 14.6. The molecule has 0 unspecified atom stereocenters. The zero-order chi connectivity index (χ0) is 26.0. The third-order valence-corrected chi connectivity index (χ3v) is 6.61. The molecule has 1 aliphatic rings. The summed E-state index contributed by atoms with van der Waals surface area (Å²) in [5, 5.41) is 4.06. The maximum atomic E-state index is 13.4. The van der Waals surface area contributed by atoms with Gasteiger partial charge in [0.1, 0.15) is 0 Å². The fraction of sp³-hybridized carbons (Fsp3) is 0.385. The zero-order valence-electron chi connectivity index (χ0n) is 20.1. The van der Waals surface area contributed by atoms with Crippen LogP contribution in [0.15, 0.2) is 58.1 Å². The Morgan fingerprint density at radius 3 is 2.19 bits per heavy atom. The molecule has 1 heterocycles. The van der Waals surface area contributed by atoms with Gasteiger partial charge in [-0.3, -0.25) is 14.2 Å². The molecular weight excluding hydrogens is 473 g/mol. The van der Waals surface area contributed by atoms with E-state index < -0.39 is 34.6 Å². The van der Waals surface area contributed by atoms with E-state index in [1.54, 1.807) is 19.2 Å². The molecule has 0 aliphatic heterocycles. The van der Waals surface area contributed by atoms with Gasteiger partial charge in [-0.05, 0) is 49.6 Å². The Labute approximate surface area is 205 Å². The number of halogens is 3. The standard InChI is InChI=1S/C26H27F3N4O3/c1-17-8-10-18(11-9-17)16-32-24(35)22(23(34)31(2)20-6-4-3-5-7-20)30-33(25(32)36)21-14-12-19(13-15-21)26(27,28)29/h8-15,20H,3-7,16H2,1-2H3. The largest absolute Gasteiger partial charge is 0.416 e. The van der Waals surface area contributed by atoms with Crippen LogP contribution >= 0.6 is 0 Å². The lowest BCUT2D eigenvalue weighted by atomic mass is 9.94. The highest BCUT2D eigenvalue weighted by Gasteiger charge is 2.31. The second kappa shape index (κ2) is 10.1. The molecule has 190 valence electrons. The van der Waals surface area contributed by atoms with E-state index in [1.807, 2.05) is 19.1 Å². The third kappa shape index (κ3) is 5.27. The number of hydrogen-bond acceptors (Lipinski definition) is 4. The molecule has 2 aromatic carbocycles. The fourth-order valence-corrected chi connectivity index (χ4v) is 4.43. The van der Waals surface area contributed by atoms with Crippen LogP contribution in [0.3, 0.4) is 0 Å². The van der Waals surface area contributed by atoms with E-state index in [1.165, 1.54) is 4.90 Å². The van der Waals surface area contributed by atoms with Crippen LogP contribution in [0.5, 0.6) is 0 Å². The third-order valence-electron chi connectivity index (χ3n) is 6.61. The van der Waals surface area contributed by atoms with Crippen molar-refractivity contribution in [2.45, 2.75) is 57.8 Å². The number of aromatic nitrogens is 3. The number of benzene rings is 2. The van der Waals surface area contributed by atoms with Crippen molar-refractivity contribution in [2.75, 3.05) is 7.05 Å². The van der Waals surface area contributed by atoms with Crippen molar-refractivity contribution in [3.8, 4) is 5.69 Å². The summed E-state index contributed by atoms with van der Waals surface area (Å²) in [6.45, 7) is 1.78. The maximum absolute atomic E-state index is 13.4. The SMILES string of the molecule is Cc1ccc(Cn2c(=O)c(C(=O)N(C)C3CCCCC3)nn(-c3ccc(C(F)(F)F)cc3)c2=O)cc1. The highest BCUT2D eigenvalue weighted by atomic mass is 19.4. The van der Waals surface area contributed by atoms with Gasteiger partial charge in [0, 0.05) is 13.1 Å². The van der Waals surface area contributed by atoms with Crippen molar-refractivity contribution >= 4 is 5.91 Å². The van der Waals surface area contributed by atoms with Crippen LogP contribution < -0.4 is 11.2 Å². The van der Waals surface area contributed by atoms with Gasteiger partial charge in [-0.15, -0.1) is 0 Å². The average Bonchev–Trinajstić information content (AvgIpc) is 2.87. The molecule has 7 nitrogen and oxygen atoms in total. The summed E-state index contributed by atoms with van der Waals surface area (Å²) in [6, 6.07) is 11.0. The molecule has 0 atom stereocenters. The van der Waals surface area contributed by atoms with E-state index in [-0.39, 0.29) is 18.3 Å². The van der Waals surface area contributed by atoms with E-state index in [0.717, 1.165) is 71.2 Å². The van der Waals surface area contributed by atoms with Gasteiger partial charge in [0.15, 0.2) is 0 Å². The fourth-order valence-electron chi connectivity index (χ4n) is 4.43. The number of rotatable bonds is 5. The molecule has 0 bridgehead atoms. The van der Waals surface area contributed by atoms with Crippen LogP contribution in [0.2, 0.25) is 0 Å². The Morgan fingerprint density at radius 1 is 1.00 bits per heavy atom. The van der Waals surface area contributed by atoms with E-state index in [4.69, 9.17) is 0 Å². The molecule has 3 aromatic rings. The van der Waals surface area contributed by atoms with Crippen molar-refractivity contribution in [2.24, 2.45) is 0 Å². The van der Waals surface area contributed by atoms with Gasteiger partial charge in [0.25, 0.3) is 11.5 Å². The Kier molecular flexibility index (Phi) is 7.14. The summed E-state index contributed by atoms with van der Waals surface area (Å²) in [7, 11) is 1.61. The zero-order valence-corrected chi connectivity index (χ0v) is 20.1. The summed E-state index contributed by atoms with van der Waals surface area (Å²) in [4.78, 5) is 41.5. The van der Waals surface area contributed by atoms with Gasteiger partial charge in [0.2, 0.25) is 5.69 Å². The van der Waals surface area contributed by atoms with Gasteiger partial charge in [-0.1, -0.05) is 49.1 Å². The summed E-state index contributed by atoms with van der Waals surface area (Å²) in [6.07, 6.45) is 0.0808. The highest BCUT2D eigenvalue weighted by Crippen LogP contribution is 2.29. The Morgan fingerprint density at radius 2 is 1.61 bits per heavy atom. The molecule has 10 heteroatoms. The molecule has 0 saturated heterocycles. The predicted molar refractivity (Wildman–Crippen MR) is 128 cm³/mol. The first-order valence-electron chi connectivity index (χ1n) is 11.8. The first-order valence-corrected chi connectivity index (χ1v) is 11.8. The van der Waals surface area contributed by atoms with E-state index in [0.29, 0.717) is 5.56 Å². The molecule has 0 N–H and O–H groups in total. The van der Waals surface area contributed by atoms with Crippen LogP contribution in [-0.2, 0) is 12.7 Å². The highest BCUT2D eigenvalue weighted by molar-refractivity contribution is 5.91. The maximum Gasteiger partial charge on any atom is 0.416 e. The van der Waals surface area contributed by atoms with Crippen LogP contribution in [0.4, 0.5) is 13.2 Å². The molecule has 0 radical (unpaired) electrons. The molecule has 0 spiro atoms. The number of carbonyl (C=O) groups is 1. The number of aryl methyl sites for hydroxylation is 1. The van der Waals surface area contributed by atoms with Gasteiger partial charge in [-0.2, -0.15) is 23.0 Å². The minimum Gasteiger partial charge on any atom is -0.337 e. The number of carbonyl (C=O) groups excluding carboxylic acids is 1. The Bertz CT molecular complexity index is 1350. The van der Waals surface area contributed by atoms with Crippen molar-refractivity contribution in [1.29, 1.82) is 0 Å². The predicted octanol–water partition coefficient (Wildman–Crippen LogP) is 4.17. The number of hydrogen-bond donors (Lipinski definition) is 0. The topological polar surface area (TPSA) is 77.2 Å². The lowest BCUT2D eigenvalue weighted by molar-refractivity contribution is -0.137. The summed E-state index contributed by atoms with van der Waals surface area (Å²) in [5.74, 6) is -0.620. The molecule has 1 fully saturated rings. The number of nitrogens with zero attached hydrogens (tertiary/aromatic N) is 4. The lowest BCUT2D eigenvalue weighted by Gasteiger charge is -2.30. The van der Waals surface area contributed by atoms with E-state index in [9.17, 15) is 27.6 Å². The first kappa shape index (κ1) is 25.4. The van der Waals surface area contributed by atoms with Crippen molar-refractivity contribution in [1.82, 2.24) is 19.2 Å².